The second-order valence-electron chi connectivity index (χ2n) is 3.64. The van der Waals surface area contributed by atoms with Gasteiger partial charge in [-0.1, -0.05) is 6.07 Å². The molecule has 0 amide bonds. The Morgan fingerprint density at radius 3 is 2.59 bits per heavy atom. The second-order valence-corrected chi connectivity index (χ2v) is 3.64. The summed E-state index contributed by atoms with van der Waals surface area (Å²) in [4.78, 5) is 0. The van der Waals surface area contributed by atoms with E-state index in [0.29, 0.717) is 0 Å². The topological polar surface area (TPSA) is 30.5 Å². The lowest BCUT2D eigenvalue weighted by molar-refractivity contribution is 0.354. The summed E-state index contributed by atoms with van der Waals surface area (Å²) in [6, 6.07) is 5.97. The molecule has 0 saturated carbocycles. The van der Waals surface area contributed by atoms with Gasteiger partial charge in [0.15, 0.2) is 11.5 Å². The van der Waals surface area contributed by atoms with Crippen LogP contribution in [0.4, 0.5) is 0 Å². The number of hydrogen-bond acceptors (Lipinski definition) is 3. The molecule has 1 N–H and O–H groups in total. The average molecular weight is 233 g/mol. The van der Waals surface area contributed by atoms with E-state index in [2.05, 4.69) is 11.2 Å². The van der Waals surface area contributed by atoms with Crippen LogP contribution in [0.5, 0.6) is 11.5 Å². The van der Waals surface area contributed by atoms with Crippen molar-refractivity contribution < 1.29 is 9.47 Å². The van der Waals surface area contributed by atoms with Crippen LogP contribution in [0.2, 0.25) is 0 Å². The van der Waals surface area contributed by atoms with Gasteiger partial charge in [-0.15, -0.1) is 12.3 Å². The molecule has 0 bridgehead atoms. The van der Waals surface area contributed by atoms with Crippen LogP contribution in [0.15, 0.2) is 18.2 Å². The molecule has 0 radical (unpaired) electrons. The Morgan fingerprint density at radius 1 is 1.18 bits per heavy atom. The van der Waals surface area contributed by atoms with E-state index < -0.39 is 0 Å². The fraction of sp³-hybridized carbons (Fsp3) is 0.429. The highest BCUT2D eigenvalue weighted by Crippen LogP contribution is 2.27. The molecule has 0 unspecified atom stereocenters. The molecule has 1 rings (SSSR count). The molecular weight excluding hydrogens is 214 g/mol. The highest BCUT2D eigenvalue weighted by Gasteiger charge is 2.03. The summed E-state index contributed by atoms with van der Waals surface area (Å²) < 4.78 is 10.4. The standard InChI is InChI=1S/C14H19NO2/c1-4-5-9-15-10-8-12-6-7-13(16-2)14(11-12)17-3/h1,6-7,11,15H,5,8-10H2,2-3H3. The van der Waals surface area contributed by atoms with Crippen molar-refractivity contribution in [2.75, 3.05) is 27.3 Å². The summed E-state index contributed by atoms with van der Waals surface area (Å²) >= 11 is 0. The summed E-state index contributed by atoms with van der Waals surface area (Å²) in [5.74, 6) is 4.13. The van der Waals surface area contributed by atoms with E-state index in [-0.39, 0.29) is 0 Å². The van der Waals surface area contributed by atoms with Gasteiger partial charge in [0.1, 0.15) is 0 Å². The fourth-order valence-electron chi connectivity index (χ4n) is 1.55. The summed E-state index contributed by atoms with van der Waals surface area (Å²) in [6.45, 7) is 1.78. The third-order valence-corrected chi connectivity index (χ3v) is 2.48. The monoisotopic (exact) mass is 233 g/mol. The van der Waals surface area contributed by atoms with Gasteiger partial charge in [-0.3, -0.25) is 0 Å². The van der Waals surface area contributed by atoms with Gasteiger partial charge >= 0.3 is 0 Å². The van der Waals surface area contributed by atoms with Crippen molar-refractivity contribution in [3.05, 3.63) is 23.8 Å². The zero-order valence-electron chi connectivity index (χ0n) is 10.5. The third-order valence-electron chi connectivity index (χ3n) is 2.48. The van der Waals surface area contributed by atoms with Gasteiger partial charge in [0, 0.05) is 13.0 Å². The molecule has 0 spiro atoms. The normalized spacial score (nSPS) is 9.71. The van der Waals surface area contributed by atoms with E-state index in [1.54, 1.807) is 14.2 Å². The van der Waals surface area contributed by atoms with Gasteiger partial charge in [-0.25, -0.2) is 0 Å². The zero-order chi connectivity index (χ0) is 12.5. The first-order chi connectivity index (χ1) is 8.31. The zero-order valence-corrected chi connectivity index (χ0v) is 10.5. The van der Waals surface area contributed by atoms with Crippen LogP contribution < -0.4 is 14.8 Å². The van der Waals surface area contributed by atoms with Gasteiger partial charge in [0.05, 0.1) is 14.2 Å². The van der Waals surface area contributed by atoms with Crippen molar-refractivity contribution in [2.24, 2.45) is 0 Å². The molecule has 17 heavy (non-hydrogen) atoms. The number of ether oxygens (including phenoxy) is 2. The Balaban J connectivity index is 2.46. The molecule has 0 atom stereocenters. The largest absolute Gasteiger partial charge is 0.493 e. The molecule has 0 fully saturated rings. The van der Waals surface area contributed by atoms with E-state index >= 15 is 0 Å². The minimum absolute atomic E-state index is 0.761. The van der Waals surface area contributed by atoms with Crippen molar-refractivity contribution >= 4 is 0 Å². The molecule has 0 heterocycles. The van der Waals surface area contributed by atoms with Crippen molar-refractivity contribution in [1.82, 2.24) is 5.32 Å². The Kier molecular flexibility index (Phi) is 5.98. The van der Waals surface area contributed by atoms with Crippen LogP contribution in [-0.4, -0.2) is 27.3 Å². The number of methoxy groups -OCH3 is 2. The van der Waals surface area contributed by atoms with Gasteiger partial charge in [0.2, 0.25) is 0 Å². The van der Waals surface area contributed by atoms with Gasteiger partial charge in [-0.05, 0) is 30.7 Å². The lowest BCUT2D eigenvalue weighted by Gasteiger charge is -2.09. The molecule has 0 aliphatic carbocycles. The Bertz CT molecular complexity index is 382. The van der Waals surface area contributed by atoms with E-state index in [0.717, 1.165) is 37.4 Å². The maximum Gasteiger partial charge on any atom is 0.160 e. The van der Waals surface area contributed by atoms with E-state index in [1.165, 1.54) is 5.56 Å². The molecule has 92 valence electrons. The van der Waals surface area contributed by atoms with Crippen LogP contribution in [0.25, 0.3) is 0 Å². The quantitative estimate of drug-likeness (QED) is 0.576. The molecular formula is C14H19NO2. The molecule has 1 aromatic carbocycles. The maximum absolute atomic E-state index is 5.25. The molecule has 3 nitrogen and oxygen atoms in total. The Morgan fingerprint density at radius 2 is 1.94 bits per heavy atom. The second kappa shape index (κ2) is 7.59. The summed E-state index contributed by atoms with van der Waals surface area (Å²) in [6.07, 6.45) is 6.89. The number of rotatable bonds is 7. The van der Waals surface area contributed by atoms with Crippen molar-refractivity contribution in [1.29, 1.82) is 0 Å². The Hall–Kier alpha value is -1.66. The number of hydrogen-bond donors (Lipinski definition) is 1. The highest BCUT2D eigenvalue weighted by atomic mass is 16.5. The average Bonchev–Trinajstić information content (AvgIpc) is 2.38. The third kappa shape index (κ3) is 4.38. The Labute approximate surface area is 103 Å². The lowest BCUT2D eigenvalue weighted by atomic mass is 10.1. The fourth-order valence-corrected chi connectivity index (χ4v) is 1.55. The van der Waals surface area contributed by atoms with E-state index in [1.807, 2.05) is 18.2 Å². The highest BCUT2D eigenvalue weighted by molar-refractivity contribution is 5.42. The summed E-state index contributed by atoms with van der Waals surface area (Å²) in [5.41, 5.74) is 1.22. The minimum Gasteiger partial charge on any atom is -0.493 e. The van der Waals surface area contributed by atoms with Crippen LogP contribution >= 0.6 is 0 Å². The van der Waals surface area contributed by atoms with Crippen molar-refractivity contribution in [3.8, 4) is 23.8 Å². The lowest BCUT2D eigenvalue weighted by Crippen LogP contribution is -2.18. The molecule has 3 heteroatoms. The molecule has 0 aromatic heterocycles. The molecule has 0 aliphatic heterocycles. The van der Waals surface area contributed by atoms with Gasteiger partial charge in [0.25, 0.3) is 0 Å². The predicted octanol–water partition coefficient (Wildman–Crippen LogP) is 1.86. The SMILES string of the molecule is C#CCCNCCc1ccc(OC)c(OC)c1. The first-order valence-corrected chi connectivity index (χ1v) is 5.67. The minimum atomic E-state index is 0.761. The number of nitrogens with one attached hydrogen (secondary N) is 1. The molecule has 0 saturated heterocycles. The van der Waals surface area contributed by atoms with E-state index in [4.69, 9.17) is 15.9 Å². The smallest absolute Gasteiger partial charge is 0.160 e. The van der Waals surface area contributed by atoms with Crippen LogP contribution in [-0.2, 0) is 6.42 Å². The van der Waals surface area contributed by atoms with Gasteiger partial charge in [-0.2, -0.15) is 0 Å². The van der Waals surface area contributed by atoms with Crippen LogP contribution in [0, 0.1) is 12.3 Å². The van der Waals surface area contributed by atoms with Crippen LogP contribution in [0.1, 0.15) is 12.0 Å². The first kappa shape index (κ1) is 13.4. The number of benzene rings is 1. The van der Waals surface area contributed by atoms with Crippen molar-refractivity contribution in [3.63, 3.8) is 0 Å². The molecule has 0 aliphatic rings. The predicted molar refractivity (Wildman–Crippen MR) is 69.6 cm³/mol. The first-order valence-electron chi connectivity index (χ1n) is 5.67. The molecule has 1 aromatic rings. The summed E-state index contributed by atoms with van der Waals surface area (Å²) in [7, 11) is 3.28. The van der Waals surface area contributed by atoms with Crippen molar-refractivity contribution in [2.45, 2.75) is 12.8 Å². The summed E-state index contributed by atoms with van der Waals surface area (Å²) in [5, 5.41) is 3.29. The van der Waals surface area contributed by atoms with Crippen LogP contribution in [0.3, 0.4) is 0 Å². The maximum atomic E-state index is 5.25. The van der Waals surface area contributed by atoms with E-state index in [9.17, 15) is 0 Å². The number of terminal acetylenes is 1. The van der Waals surface area contributed by atoms with Gasteiger partial charge < -0.3 is 14.8 Å².